The number of esters is 1. The molecule has 0 saturated heterocycles. The van der Waals surface area contributed by atoms with Gasteiger partial charge in [0, 0.05) is 18.6 Å². The second-order valence-corrected chi connectivity index (χ2v) is 9.21. The summed E-state index contributed by atoms with van der Waals surface area (Å²) in [5, 5.41) is 0. The fourth-order valence-corrected chi connectivity index (χ4v) is 4.57. The van der Waals surface area contributed by atoms with Crippen molar-refractivity contribution in [3.8, 4) is 0 Å². The van der Waals surface area contributed by atoms with Gasteiger partial charge in [0.05, 0.1) is 19.3 Å². The summed E-state index contributed by atoms with van der Waals surface area (Å²) in [7, 11) is 1.40. The van der Waals surface area contributed by atoms with Crippen molar-refractivity contribution in [2.45, 2.75) is 58.4 Å². The Morgan fingerprint density at radius 3 is 1.85 bits per heavy atom. The van der Waals surface area contributed by atoms with Crippen LogP contribution in [0.5, 0.6) is 0 Å². The Labute approximate surface area is 204 Å². The number of ether oxygens (including phenoxy) is 2. The van der Waals surface area contributed by atoms with E-state index in [0.29, 0.717) is 24.3 Å². The fraction of sp³-hybridized carbons (Fsp3) is 0.367. The molecule has 0 saturated carbocycles. The highest BCUT2D eigenvalue weighted by molar-refractivity contribution is 5.89. The molecule has 0 fully saturated rings. The van der Waals surface area contributed by atoms with E-state index in [1.54, 1.807) is 0 Å². The molecule has 3 aromatic rings. The molecule has 34 heavy (non-hydrogen) atoms. The number of rotatable bonds is 11. The summed E-state index contributed by atoms with van der Waals surface area (Å²) in [6.45, 7) is 10.3. The van der Waals surface area contributed by atoms with E-state index in [-0.39, 0.29) is 5.97 Å². The molecule has 3 rings (SSSR count). The summed E-state index contributed by atoms with van der Waals surface area (Å²) < 4.78 is 11.8. The molecule has 3 aromatic carbocycles. The Bertz CT molecular complexity index is 1010. The maximum atomic E-state index is 12.1. The topological polar surface area (TPSA) is 38.8 Å². The van der Waals surface area contributed by atoms with E-state index in [9.17, 15) is 4.79 Å². The predicted molar refractivity (Wildman–Crippen MR) is 138 cm³/mol. The quantitative estimate of drug-likeness (QED) is 0.309. The van der Waals surface area contributed by atoms with Gasteiger partial charge in [-0.2, -0.15) is 0 Å². The van der Waals surface area contributed by atoms with E-state index in [2.05, 4.69) is 69.0 Å². The molecular weight excluding hydrogens is 422 g/mol. The van der Waals surface area contributed by atoms with Gasteiger partial charge in [-0.05, 0) is 62.9 Å². The molecule has 0 aliphatic rings. The average Bonchev–Trinajstić information content (AvgIpc) is 2.86. The van der Waals surface area contributed by atoms with Crippen molar-refractivity contribution in [1.29, 1.82) is 0 Å². The molecule has 0 aromatic heterocycles. The zero-order chi connectivity index (χ0) is 24.6. The Morgan fingerprint density at radius 1 is 0.794 bits per heavy atom. The third kappa shape index (κ3) is 6.13. The molecule has 0 aliphatic carbocycles. The minimum absolute atomic E-state index is 0.340. The number of hydrogen-bond donors (Lipinski definition) is 0. The number of hydrogen-bond acceptors (Lipinski definition) is 4. The number of nitrogens with zero attached hydrogens (tertiary/aromatic N) is 1. The van der Waals surface area contributed by atoms with Crippen LogP contribution in [0.2, 0.25) is 0 Å². The second kappa shape index (κ2) is 12.0. The maximum absolute atomic E-state index is 12.1. The minimum Gasteiger partial charge on any atom is -0.465 e. The van der Waals surface area contributed by atoms with Crippen LogP contribution < -0.4 is 0 Å². The van der Waals surface area contributed by atoms with Crippen molar-refractivity contribution in [3.63, 3.8) is 0 Å². The van der Waals surface area contributed by atoms with Crippen LogP contribution in [0.25, 0.3) is 0 Å². The van der Waals surface area contributed by atoms with Crippen LogP contribution >= 0.6 is 0 Å². The van der Waals surface area contributed by atoms with Gasteiger partial charge in [-0.15, -0.1) is 0 Å². The Balaban J connectivity index is 2.07. The zero-order valence-electron chi connectivity index (χ0n) is 21.0. The van der Waals surface area contributed by atoms with Crippen LogP contribution in [0.1, 0.15) is 61.2 Å². The standard InChI is InChI=1S/C30H37NO3/c1-23(2)31(24(3)4)21-20-30(27-14-10-7-11-15-27,34-22-25-12-8-6-9-13-25)28-18-16-26(17-19-28)29(32)33-5/h6-19,23-24H,20-22H2,1-5H3/t30-/m1/s1. The van der Waals surface area contributed by atoms with Crippen molar-refractivity contribution in [2.75, 3.05) is 13.7 Å². The summed E-state index contributed by atoms with van der Waals surface area (Å²) in [5.74, 6) is -0.340. The molecule has 0 spiro atoms. The summed E-state index contributed by atoms with van der Waals surface area (Å²) >= 11 is 0. The molecule has 0 amide bonds. The summed E-state index contributed by atoms with van der Waals surface area (Å²) in [4.78, 5) is 14.6. The molecule has 0 heterocycles. The Kier molecular flexibility index (Phi) is 9.03. The minimum atomic E-state index is -0.673. The van der Waals surface area contributed by atoms with Gasteiger partial charge < -0.3 is 9.47 Å². The lowest BCUT2D eigenvalue weighted by Gasteiger charge is -2.39. The van der Waals surface area contributed by atoms with Crippen LogP contribution in [0.3, 0.4) is 0 Å². The number of carbonyl (C=O) groups excluding carboxylic acids is 1. The fourth-order valence-electron chi connectivity index (χ4n) is 4.57. The van der Waals surface area contributed by atoms with Gasteiger partial charge in [0.2, 0.25) is 0 Å². The Morgan fingerprint density at radius 2 is 1.32 bits per heavy atom. The second-order valence-electron chi connectivity index (χ2n) is 9.21. The molecule has 0 unspecified atom stereocenters. The van der Waals surface area contributed by atoms with Gasteiger partial charge in [-0.25, -0.2) is 4.79 Å². The molecule has 1 atom stereocenters. The lowest BCUT2D eigenvalue weighted by molar-refractivity contribution is -0.0451. The van der Waals surface area contributed by atoms with E-state index in [1.165, 1.54) is 7.11 Å². The molecule has 4 nitrogen and oxygen atoms in total. The summed E-state index contributed by atoms with van der Waals surface area (Å²) in [5.41, 5.74) is 3.10. The molecule has 0 aliphatic heterocycles. The van der Waals surface area contributed by atoms with Gasteiger partial charge >= 0.3 is 5.97 Å². The summed E-state index contributed by atoms with van der Waals surface area (Å²) in [6, 6.07) is 29.2. The monoisotopic (exact) mass is 459 g/mol. The molecule has 180 valence electrons. The molecule has 0 radical (unpaired) electrons. The largest absolute Gasteiger partial charge is 0.465 e. The van der Waals surface area contributed by atoms with Crippen LogP contribution in [0, 0.1) is 0 Å². The lowest BCUT2D eigenvalue weighted by Crippen LogP contribution is -2.42. The van der Waals surface area contributed by atoms with Crippen LogP contribution in [-0.4, -0.2) is 36.6 Å². The van der Waals surface area contributed by atoms with Gasteiger partial charge in [-0.3, -0.25) is 4.90 Å². The van der Waals surface area contributed by atoms with Crippen molar-refractivity contribution in [2.24, 2.45) is 0 Å². The summed E-state index contributed by atoms with van der Waals surface area (Å²) in [6.07, 6.45) is 0.776. The van der Waals surface area contributed by atoms with Crippen LogP contribution in [0.15, 0.2) is 84.9 Å². The molecule has 0 N–H and O–H groups in total. The highest BCUT2D eigenvalue weighted by atomic mass is 16.5. The number of benzene rings is 3. The van der Waals surface area contributed by atoms with Crippen molar-refractivity contribution in [1.82, 2.24) is 4.90 Å². The van der Waals surface area contributed by atoms with Crippen molar-refractivity contribution < 1.29 is 14.3 Å². The van der Waals surface area contributed by atoms with Gasteiger partial charge in [-0.1, -0.05) is 72.8 Å². The highest BCUT2D eigenvalue weighted by Crippen LogP contribution is 2.39. The van der Waals surface area contributed by atoms with E-state index >= 15 is 0 Å². The highest BCUT2D eigenvalue weighted by Gasteiger charge is 2.36. The van der Waals surface area contributed by atoms with E-state index < -0.39 is 5.60 Å². The van der Waals surface area contributed by atoms with E-state index in [4.69, 9.17) is 9.47 Å². The van der Waals surface area contributed by atoms with Gasteiger partial charge in [0.1, 0.15) is 5.60 Å². The smallest absolute Gasteiger partial charge is 0.337 e. The maximum Gasteiger partial charge on any atom is 0.337 e. The number of carbonyl (C=O) groups is 1. The van der Waals surface area contributed by atoms with E-state index in [1.807, 2.05) is 48.5 Å². The van der Waals surface area contributed by atoms with Crippen LogP contribution in [-0.2, 0) is 21.7 Å². The number of methoxy groups -OCH3 is 1. The lowest BCUT2D eigenvalue weighted by atomic mass is 9.82. The molecular formula is C30H37NO3. The SMILES string of the molecule is COC(=O)c1ccc([C@](CCN(C(C)C)C(C)C)(OCc2ccccc2)c2ccccc2)cc1. The van der Waals surface area contributed by atoms with Gasteiger partial charge in [0.25, 0.3) is 0 Å². The van der Waals surface area contributed by atoms with Crippen LogP contribution in [0.4, 0.5) is 0 Å². The van der Waals surface area contributed by atoms with E-state index in [0.717, 1.165) is 29.7 Å². The third-order valence-electron chi connectivity index (χ3n) is 6.39. The van der Waals surface area contributed by atoms with Crippen molar-refractivity contribution >= 4 is 5.97 Å². The Hall–Kier alpha value is -2.95. The first-order chi connectivity index (χ1) is 16.4. The third-order valence-corrected chi connectivity index (χ3v) is 6.39. The normalized spacial score (nSPS) is 13.3. The first-order valence-corrected chi connectivity index (χ1v) is 12.1. The molecule has 0 bridgehead atoms. The predicted octanol–water partition coefficient (Wildman–Crippen LogP) is 6.44. The first kappa shape index (κ1) is 25.7. The van der Waals surface area contributed by atoms with Gasteiger partial charge in [0.15, 0.2) is 0 Å². The average molecular weight is 460 g/mol. The first-order valence-electron chi connectivity index (χ1n) is 12.1. The molecule has 4 heteroatoms. The zero-order valence-corrected chi connectivity index (χ0v) is 21.0. The van der Waals surface area contributed by atoms with Crippen molar-refractivity contribution in [3.05, 3.63) is 107 Å².